The van der Waals surface area contributed by atoms with Crippen molar-refractivity contribution < 1.29 is 19.4 Å². The molecule has 0 aliphatic carbocycles. The number of benzene rings is 1. The van der Waals surface area contributed by atoms with E-state index >= 15 is 0 Å². The molecule has 1 amide bonds. The molecule has 3 aromatic rings. The largest absolute Gasteiger partial charge is 0.465 e. The normalized spacial score (nSPS) is 17.8. The molecule has 1 saturated heterocycles. The summed E-state index contributed by atoms with van der Waals surface area (Å²) in [4.78, 5) is 27.3. The van der Waals surface area contributed by atoms with Gasteiger partial charge in [0.2, 0.25) is 6.79 Å². The second-order valence-electron chi connectivity index (χ2n) is 7.63. The number of likely N-dealkylation sites (tertiary alicyclic amines) is 1. The van der Waals surface area contributed by atoms with Crippen LogP contribution in [0, 0.1) is 0 Å². The summed E-state index contributed by atoms with van der Waals surface area (Å²) >= 11 is 5.05. The third kappa shape index (κ3) is 3.92. The van der Waals surface area contributed by atoms with Gasteiger partial charge in [-0.1, -0.05) is 11.8 Å². The van der Waals surface area contributed by atoms with Crippen LogP contribution in [0.2, 0.25) is 0 Å². The van der Waals surface area contributed by atoms with Gasteiger partial charge in [-0.05, 0) is 53.7 Å². The average Bonchev–Trinajstić information content (AvgIpc) is 3.37. The summed E-state index contributed by atoms with van der Waals surface area (Å²) < 4.78 is 13.8. The molecule has 2 aliphatic heterocycles. The van der Waals surface area contributed by atoms with Gasteiger partial charge in [-0.15, -0.1) is 0 Å². The highest BCUT2D eigenvalue weighted by Crippen LogP contribution is 2.43. The molecule has 2 aromatic heterocycles. The lowest BCUT2D eigenvalue weighted by Crippen LogP contribution is -2.43. The number of halogens is 1. The van der Waals surface area contributed by atoms with Crippen LogP contribution in [0.15, 0.2) is 33.0 Å². The Labute approximate surface area is 196 Å². The molecule has 4 heterocycles. The molecule has 3 N–H and O–H groups in total. The Bertz CT molecular complexity index is 1190. The van der Waals surface area contributed by atoms with Gasteiger partial charge in [-0.25, -0.2) is 19.7 Å². The number of carboxylic acid groups (broad SMARTS) is 1. The van der Waals surface area contributed by atoms with Crippen molar-refractivity contribution in [3.05, 3.63) is 22.9 Å². The summed E-state index contributed by atoms with van der Waals surface area (Å²) in [5, 5.41) is 10.3. The number of aromatic nitrogens is 4. The Balaban J connectivity index is 1.47. The Hall–Kier alpha value is -2.73. The summed E-state index contributed by atoms with van der Waals surface area (Å²) in [5.74, 6) is 1.68. The minimum atomic E-state index is -0.865. The van der Waals surface area contributed by atoms with Crippen LogP contribution in [-0.4, -0.2) is 55.0 Å². The number of hydrogen-bond donors (Lipinski definition) is 2. The highest BCUT2D eigenvalue weighted by atomic mass is 79.9. The minimum Gasteiger partial charge on any atom is -0.465 e. The molecule has 32 heavy (non-hydrogen) atoms. The molecule has 0 unspecified atom stereocenters. The molecule has 1 fully saturated rings. The quantitative estimate of drug-likeness (QED) is 0.512. The van der Waals surface area contributed by atoms with E-state index in [2.05, 4.69) is 25.9 Å². The van der Waals surface area contributed by atoms with Crippen molar-refractivity contribution in [2.24, 2.45) is 0 Å². The van der Waals surface area contributed by atoms with E-state index in [0.717, 1.165) is 28.6 Å². The van der Waals surface area contributed by atoms with E-state index in [1.54, 1.807) is 4.90 Å². The minimum absolute atomic E-state index is 0.0342. The van der Waals surface area contributed by atoms with Gasteiger partial charge in [0.15, 0.2) is 33.6 Å². The smallest absolute Gasteiger partial charge is 0.407 e. The highest BCUT2D eigenvalue weighted by Gasteiger charge is 2.27. The van der Waals surface area contributed by atoms with E-state index in [1.165, 1.54) is 18.1 Å². The number of imidazole rings is 1. The maximum Gasteiger partial charge on any atom is 0.407 e. The number of nitrogens with two attached hydrogens (primary N) is 1. The lowest BCUT2D eigenvalue weighted by molar-refractivity contribution is 0.101. The Kier molecular flexibility index (Phi) is 5.72. The first kappa shape index (κ1) is 21.1. The van der Waals surface area contributed by atoms with Crippen molar-refractivity contribution in [2.75, 3.05) is 19.1 Å². The third-order valence-electron chi connectivity index (χ3n) is 5.71. The van der Waals surface area contributed by atoms with Crippen LogP contribution in [0.4, 0.5) is 10.6 Å². The maximum atomic E-state index is 11.7. The van der Waals surface area contributed by atoms with Gasteiger partial charge in [-0.2, -0.15) is 0 Å². The first-order valence-electron chi connectivity index (χ1n) is 10.2. The average molecular weight is 521 g/mol. The van der Waals surface area contributed by atoms with Gasteiger partial charge in [0.05, 0.1) is 0 Å². The lowest BCUT2D eigenvalue weighted by Gasteiger charge is -2.33. The second-order valence-corrected chi connectivity index (χ2v) is 9.49. The van der Waals surface area contributed by atoms with E-state index in [4.69, 9.17) is 20.2 Å². The molecule has 0 bridgehead atoms. The monoisotopic (exact) mass is 520 g/mol. The van der Waals surface area contributed by atoms with Crippen molar-refractivity contribution in [2.45, 2.75) is 48.3 Å². The number of fused-ring (bicyclic) bond motifs is 2. The predicted molar refractivity (Wildman–Crippen MR) is 121 cm³/mol. The van der Waals surface area contributed by atoms with Gasteiger partial charge in [-0.3, -0.25) is 0 Å². The molecular formula is C20H21BrN6O4S. The number of ether oxygens (including phenoxy) is 2. The molecule has 0 saturated carbocycles. The number of rotatable bonds is 5. The number of hydrogen-bond acceptors (Lipinski definition) is 8. The van der Waals surface area contributed by atoms with Crippen molar-refractivity contribution in [3.8, 4) is 11.5 Å². The fourth-order valence-electron chi connectivity index (χ4n) is 4.12. The summed E-state index contributed by atoms with van der Waals surface area (Å²) in [5.41, 5.74) is 7.24. The summed E-state index contributed by atoms with van der Waals surface area (Å²) in [6.45, 7) is 1.33. The predicted octanol–water partition coefficient (Wildman–Crippen LogP) is 3.97. The number of carbonyl (C=O) groups is 1. The van der Waals surface area contributed by atoms with Gasteiger partial charge >= 0.3 is 6.09 Å². The van der Waals surface area contributed by atoms with Crippen LogP contribution >= 0.6 is 27.7 Å². The Morgan fingerprint density at radius 2 is 2.09 bits per heavy atom. The lowest BCUT2D eigenvalue weighted by atomic mass is 10.00. The zero-order chi connectivity index (χ0) is 22.2. The van der Waals surface area contributed by atoms with Crippen LogP contribution < -0.4 is 15.2 Å². The van der Waals surface area contributed by atoms with Gasteiger partial charge in [0.1, 0.15) is 6.33 Å². The van der Waals surface area contributed by atoms with E-state index in [9.17, 15) is 9.90 Å². The van der Waals surface area contributed by atoms with Crippen molar-refractivity contribution in [3.63, 3.8) is 0 Å². The molecule has 10 nitrogen and oxygen atoms in total. The molecule has 2 aliphatic rings. The van der Waals surface area contributed by atoms with E-state index < -0.39 is 6.09 Å². The zero-order valence-corrected chi connectivity index (χ0v) is 19.4. The summed E-state index contributed by atoms with van der Waals surface area (Å²) in [6.07, 6.45) is 4.00. The fourth-order valence-corrected chi connectivity index (χ4v) is 5.63. The van der Waals surface area contributed by atoms with Crippen LogP contribution in [0.3, 0.4) is 0 Å². The third-order valence-corrected chi connectivity index (χ3v) is 7.68. The SMILES string of the molecule is Nc1ncnc2c1nc(Sc1cc3c(cc1Br)OCO3)n2CC[C@@H]1CCCCN1C(=O)O. The number of amides is 1. The first-order chi connectivity index (χ1) is 15.5. The van der Waals surface area contributed by atoms with E-state index in [0.29, 0.717) is 53.1 Å². The number of piperidine rings is 1. The van der Waals surface area contributed by atoms with Gasteiger partial charge < -0.3 is 29.8 Å². The van der Waals surface area contributed by atoms with E-state index in [-0.39, 0.29) is 12.8 Å². The zero-order valence-electron chi connectivity index (χ0n) is 17.0. The molecule has 5 rings (SSSR count). The van der Waals surface area contributed by atoms with Crippen LogP contribution in [-0.2, 0) is 6.54 Å². The molecule has 12 heteroatoms. The molecule has 0 spiro atoms. The first-order valence-corrected chi connectivity index (χ1v) is 11.9. The maximum absolute atomic E-state index is 11.7. The Morgan fingerprint density at radius 3 is 2.91 bits per heavy atom. The topological polar surface area (TPSA) is 129 Å². The number of nitrogens with zero attached hydrogens (tertiary/aromatic N) is 5. The molecule has 1 aromatic carbocycles. The fraction of sp³-hybridized carbons (Fsp3) is 0.400. The molecule has 0 radical (unpaired) electrons. The van der Waals surface area contributed by atoms with Gasteiger partial charge in [0.25, 0.3) is 0 Å². The van der Waals surface area contributed by atoms with Crippen LogP contribution in [0.1, 0.15) is 25.7 Å². The second kappa shape index (κ2) is 8.66. The highest BCUT2D eigenvalue weighted by molar-refractivity contribution is 9.10. The molecular weight excluding hydrogens is 500 g/mol. The Morgan fingerprint density at radius 1 is 1.28 bits per heavy atom. The van der Waals surface area contributed by atoms with Crippen LogP contribution in [0.5, 0.6) is 11.5 Å². The number of aryl methyl sites for hydroxylation is 1. The standard InChI is InChI=1S/C20H21BrN6O4S/c21-12-7-13-14(31-10-30-13)8-15(12)32-19-25-16-17(22)23-9-24-18(16)27(19)6-4-11-3-1-2-5-26(11)20(28)29/h7-9,11H,1-6,10H2,(H,28,29)(H2,22,23,24)/t11-/m0/s1. The van der Waals surface area contributed by atoms with Crippen molar-refractivity contribution in [1.29, 1.82) is 0 Å². The van der Waals surface area contributed by atoms with Crippen molar-refractivity contribution in [1.82, 2.24) is 24.4 Å². The van der Waals surface area contributed by atoms with Gasteiger partial charge in [0, 0.05) is 28.5 Å². The molecule has 168 valence electrons. The summed E-state index contributed by atoms with van der Waals surface area (Å²) in [6, 6.07) is 3.75. The van der Waals surface area contributed by atoms with Crippen molar-refractivity contribution >= 4 is 50.8 Å². The van der Waals surface area contributed by atoms with Crippen LogP contribution in [0.25, 0.3) is 11.2 Å². The van der Waals surface area contributed by atoms with E-state index in [1.807, 2.05) is 16.7 Å². The summed E-state index contributed by atoms with van der Waals surface area (Å²) in [7, 11) is 0. The number of anilines is 1. The molecule has 1 atom stereocenters. The number of nitrogen functional groups attached to an aromatic ring is 1.